The van der Waals surface area contributed by atoms with Crippen molar-refractivity contribution < 1.29 is 9.47 Å². The molecule has 0 spiro atoms. The van der Waals surface area contributed by atoms with Crippen molar-refractivity contribution in [3.63, 3.8) is 0 Å². The predicted octanol–water partition coefficient (Wildman–Crippen LogP) is 2.02. The van der Waals surface area contributed by atoms with Crippen LogP contribution in [0.5, 0.6) is 11.5 Å². The zero-order valence-corrected chi connectivity index (χ0v) is 10.3. The van der Waals surface area contributed by atoms with Gasteiger partial charge < -0.3 is 9.47 Å². The molecular formula is C11H12ClN3O2. The maximum Gasteiger partial charge on any atom is 0.162 e. The lowest BCUT2D eigenvalue weighted by molar-refractivity contribution is 0.355. The molecule has 0 bridgehead atoms. The van der Waals surface area contributed by atoms with E-state index >= 15 is 0 Å². The van der Waals surface area contributed by atoms with E-state index in [2.05, 4.69) is 10.2 Å². The molecule has 0 aliphatic carbocycles. The number of aromatic nitrogens is 3. The fraction of sp³-hybridized carbons (Fsp3) is 0.273. The summed E-state index contributed by atoms with van der Waals surface area (Å²) in [6.07, 6.45) is 1.61. The number of ether oxygens (including phenoxy) is 2. The van der Waals surface area contributed by atoms with Crippen LogP contribution in [0.4, 0.5) is 0 Å². The molecule has 0 aliphatic rings. The molecular weight excluding hydrogens is 242 g/mol. The van der Waals surface area contributed by atoms with E-state index in [1.54, 1.807) is 25.1 Å². The van der Waals surface area contributed by atoms with Gasteiger partial charge in [0.2, 0.25) is 0 Å². The molecule has 5 nitrogen and oxygen atoms in total. The van der Waals surface area contributed by atoms with Gasteiger partial charge in [-0.25, -0.2) is 0 Å². The zero-order valence-electron chi connectivity index (χ0n) is 9.55. The Morgan fingerprint density at radius 1 is 1.24 bits per heavy atom. The SMILES string of the molecule is COc1ccc(-n2cnnc2CCl)cc1OC. The first-order valence-corrected chi connectivity index (χ1v) is 5.51. The van der Waals surface area contributed by atoms with E-state index in [9.17, 15) is 0 Å². The molecule has 0 unspecified atom stereocenters. The first kappa shape index (κ1) is 11.7. The van der Waals surface area contributed by atoms with Gasteiger partial charge in [0, 0.05) is 6.07 Å². The van der Waals surface area contributed by atoms with Crippen molar-refractivity contribution in [2.24, 2.45) is 0 Å². The van der Waals surface area contributed by atoms with Crippen molar-refractivity contribution in [3.8, 4) is 17.2 Å². The van der Waals surface area contributed by atoms with Gasteiger partial charge in [-0.2, -0.15) is 0 Å². The summed E-state index contributed by atoms with van der Waals surface area (Å²) in [6.45, 7) is 0. The van der Waals surface area contributed by atoms with Crippen LogP contribution in [0, 0.1) is 0 Å². The van der Waals surface area contributed by atoms with Crippen LogP contribution < -0.4 is 9.47 Å². The van der Waals surface area contributed by atoms with Crippen molar-refractivity contribution in [2.75, 3.05) is 14.2 Å². The third kappa shape index (κ3) is 2.19. The van der Waals surface area contributed by atoms with Crippen LogP contribution in [0.1, 0.15) is 5.82 Å². The minimum atomic E-state index is 0.300. The molecule has 0 saturated carbocycles. The zero-order chi connectivity index (χ0) is 12.3. The molecule has 90 valence electrons. The first-order valence-electron chi connectivity index (χ1n) is 4.97. The second-order valence-electron chi connectivity index (χ2n) is 3.29. The van der Waals surface area contributed by atoms with E-state index < -0.39 is 0 Å². The summed E-state index contributed by atoms with van der Waals surface area (Å²) in [5, 5.41) is 7.74. The van der Waals surface area contributed by atoms with E-state index in [1.165, 1.54) is 0 Å². The van der Waals surface area contributed by atoms with Crippen molar-refractivity contribution in [3.05, 3.63) is 30.4 Å². The molecule has 0 saturated heterocycles. The summed E-state index contributed by atoms with van der Waals surface area (Å²) in [5.74, 6) is 2.31. The van der Waals surface area contributed by atoms with Crippen molar-refractivity contribution in [2.45, 2.75) is 5.88 Å². The molecule has 1 aromatic heterocycles. The molecule has 0 amide bonds. The van der Waals surface area contributed by atoms with Gasteiger partial charge in [0.25, 0.3) is 0 Å². The lowest BCUT2D eigenvalue weighted by Gasteiger charge is -2.10. The Bertz CT molecular complexity index is 513. The molecule has 0 radical (unpaired) electrons. The standard InChI is InChI=1S/C11H12ClN3O2/c1-16-9-4-3-8(5-10(9)17-2)15-7-13-14-11(15)6-12/h3-5,7H,6H2,1-2H3. The van der Waals surface area contributed by atoms with Gasteiger partial charge in [-0.05, 0) is 12.1 Å². The van der Waals surface area contributed by atoms with Crippen molar-refractivity contribution in [1.29, 1.82) is 0 Å². The number of nitrogens with zero attached hydrogens (tertiary/aromatic N) is 3. The highest BCUT2D eigenvalue weighted by molar-refractivity contribution is 6.16. The van der Waals surface area contributed by atoms with Gasteiger partial charge in [-0.15, -0.1) is 21.8 Å². The van der Waals surface area contributed by atoms with E-state index in [1.807, 2.05) is 18.2 Å². The Balaban J connectivity index is 2.46. The first-order chi connectivity index (χ1) is 8.30. The average Bonchev–Trinajstić information content (AvgIpc) is 2.86. The van der Waals surface area contributed by atoms with Gasteiger partial charge in [-0.1, -0.05) is 0 Å². The highest BCUT2D eigenvalue weighted by Gasteiger charge is 2.09. The molecule has 1 aromatic carbocycles. The summed E-state index contributed by atoms with van der Waals surface area (Å²) in [5.41, 5.74) is 0.878. The van der Waals surface area contributed by atoms with Crippen LogP contribution >= 0.6 is 11.6 Å². The summed E-state index contributed by atoms with van der Waals surface area (Å²) >= 11 is 5.78. The average molecular weight is 254 g/mol. The van der Waals surface area contributed by atoms with Crippen LogP contribution in [0.25, 0.3) is 5.69 Å². The smallest absolute Gasteiger partial charge is 0.162 e. The molecule has 0 fully saturated rings. The second kappa shape index (κ2) is 5.05. The minimum absolute atomic E-state index is 0.300. The van der Waals surface area contributed by atoms with E-state index in [0.717, 1.165) is 5.69 Å². The third-order valence-electron chi connectivity index (χ3n) is 2.38. The molecule has 2 aromatic rings. The van der Waals surface area contributed by atoms with E-state index in [0.29, 0.717) is 23.2 Å². The summed E-state index contributed by atoms with van der Waals surface area (Å²) < 4.78 is 12.2. The molecule has 0 atom stereocenters. The fourth-order valence-corrected chi connectivity index (χ4v) is 1.72. The van der Waals surface area contributed by atoms with Crippen LogP contribution in [0.15, 0.2) is 24.5 Å². The fourth-order valence-electron chi connectivity index (χ4n) is 1.54. The number of alkyl halides is 1. The lowest BCUT2D eigenvalue weighted by Crippen LogP contribution is -1.99. The summed E-state index contributed by atoms with van der Waals surface area (Å²) in [4.78, 5) is 0. The van der Waals surface area contributed by atoms with Gasteiger partial charge in [0.05, 0.1) is 25.8 Å². The largest absolute Gasteiger partial charge is 0.493 e. The molecule has 0 N–H and O–H groups in total. The van der Waals surface area contributed by atoms with E-state index in [-0.39, 0.29) is 0 Å². The number of hydrogen-bond acceptors (Lipinski definition) is 4. The third-order valence-corrected chi connectivity index (χ3v) is 2.62. The van der Waals surface area contributed by atoms with Crippen molar-refractivity contribution in [1.82, 2.24) is 14.8 Å². The topological polar surface area (TPSA) is 49.2 Å². The number of methoxy groups -OCH3 is 2. The van der Waals surface area contributed by atoms with Crippen LogP contribution in [0.2, 0.25) is 0 Å². The van der Waals surface area contributed by atoms with Crippen LogP contribution in [-0.4, -0.2) is 29.0 Å². The Morgan fingerprint density at radius 2 is 2.00 bits per heavy atom. The Hall–Kier alpha value is -1.75. The van der Waals surface area contributed by atoms with Crippen LogP contribution in [-0.2, 0) is 5.88 Å². The van der Waals surface area contributed by atoms with Gasteiger partial charge in [0.1, 0.15) is 6.33 Å². The molecule has 6 heteroatoms. The van der Waals surface area contributed by atoms with Gasteiger partial charge in [0.15, 0.2) is 17.3 Å². The number of hydrogen-bond donors (Lipinski definition) is 0. The summed E-state index contributed by atoms with van der Waals surface area (Å²) in [6, 6.07) is 5.56. The van der Waals surface area contributed by atoms with Crippen molar-refractivity contribution >= 4 is 11.6 Å². The maximum absolute atomic E-state index is 5.78. The van der Waals surface area contributed by atoms with E-state index in [4.69, 9.17) is 21.1 Å². The Labute approximate surface area is 104 Å². The highest BCUT2D eigenvalue weighted by atomic mass is 35.5. The molecule has 0 aliphatic heterocycles. The molecule has 2 rings (SSSR count). The second-order valence-corrected chi connectivity index (χ2v) is 3.56. The quantitative estimate of drug-likeness (QED) is 0.783. The van der Waals surface area contributed by atoms with Gasteiger partial charge >= 0.3 is 0 Å². The normalized spacial score (nSPS) is 10.3. The van der Waals surface area contributed by atoms with Gasteiger partial charge in [-0.3, -0.25) is 4.57 Å². The number of benzene rings is 1. The summed E-state index contributed by atoms with van der Waals surface area (Å²) in [7, 11) is 3.19. The minimum Gasteiger partial charge on any atom is -0.493 e. The highest BCUT2D eigenvalue weighted by Crippen LogP contribution is 2.29. The number of halogens is 1. The Kier molecular flexibility index (Phi) is 3.49. The molecule has 1 heterocycles. The van der Waals surface area contributed by atoms with Crippen LogP contribution in [0.3, 0.4) is 0 Å². The Morgan fingerprint density at radius 3 is 2.65 bits per heavy atom. The molecule has 17 heavy (non-hydrogen) atoms. The monoisotopic (exact) mass is 253 g/mol. The number of rotatable bonds is 4. The maximum atomic E-state index is 5.78. The predicted molar refractivity (Wildman–Crippen MR) is 64.0 cm³/mol. The lowest BCUT2D eigenvalue weighted by atomic mass is 10.2.